The summed E-state index contributed by atoms with van der Waals surface area (Å²) < 4.78 is 0. The van der Waals surface area contributed by atoms with Crippen molar-refractivity contribution in [2.24, 2.45) is 23.7 Å². The Morgan fingerprint density at radius 2 is 1.50 bits per heavy atom. The third kappa shape index (κ3) is 0.888. The van der Waals surface area contributed by atoms with Crippen LogP contribution in [0.15, 0.2) is 0 Å². The van der Waals surface area contributed by atoms with Gasteiger partial charge in [0.2, 0.25) is 0 Å². The number of carboxylic acid groups (broad SMARTS) is 1. The molecule has 4 bridgehead atoms. The Labute approximate surface area is 83.7 Å². The van der Waals surface area contributed by atoms with Crippen LogP contribution in [0.2, 0.25) is 0 Å². The molecule has 4 N–H and O–H groups in total. The lowest BCUT2D eigenvalue weighted by Crippen LogP contribution is -2.86. The van der Waals surface area contributed by atoms with Gasteiger partial charge in [-0.1, -0.05) is 0 Å². The Kier molecular flexibility index (Phi) is 1.56. The van der Waals surface area contributed by atoms with Crippen LogP contribution >= 0.6 is 0 Å². The summed E-state index contributed by atoms with van der Waals surface area (Å²) in [6.07, 6.45) is 5.87. The van der Waals surface area contributed by atoms with Crippen molar-refractivity contribution in [2.75, 3.05) is 0 Å². The maximum absolute atomic E-state index is 11.3. The Morgan fingerprint density at radius 1 is 1.07 bits per heavy atom. The first kappa shape index (κ1) is 8.72. The molecule has 0 atom stereocenters. The van der Waals surface area contributed by atoms with Crippen molar-refractivity contribution in [1.29, 1.82) is 0 Å². The summed E-state index contributed by atoms with van der Waals surface area (Å²) >= 11 is 0. The summed E-state index contributed by atoms with van der Waals surface area (Å²) in [5.41, 5.74) is 3.44. The summed E-state index contributed by atoms with van der Waals surface area (Å²) in [6, 6.07) is 0. The van der Waals surface area contributed by atoms with E-state index in [1.54, 1.807) is 0 Å². The van der Waals surface area contributed by atoms with Crippen molar-refractivity contribution in [3.8, 4) is 0 Å². The summed E-state index contributed by atoms with van der Waals surface area (Å²) in [7, 11) is 0. The zero-order valence-electron chi connectivity index (χ0n) is 8.41. The predicted molar refractivity (Wildman–Crippen MR) is 50.3 cm³/mol. The van der Waals surface area contributed by atoms with Crippen LogP contribution in [-0.4, -0.2) is 16.6 Å². The molecule has 4 saturated carbocycles. The van der Waals surface area contributed by atoms with Gasteiger partial charge in [-0.15, -0.1) is 0 Å². The highest BCUT2D eigenvalue weighted by molar-refractivity contribution is 5.78. The van der Waals surface area contributed by atoms with Gasteiger partial charge in [-0.05, 0) is 43.9 Å². The molecule has 14 heavy (non-hydrogen) atoms. The Bertz CT molecular complexity index is 259. The van der Waals surface area contributed by atoms with Gasteiger partial charge in [0.15, 0.2) is 5.54 Å². The normalized spacial score (nSPS) is 54.9. The highest BCUT2D eigenvalue weighted by Gasteiger charge is 2.62. The van der Waals surface area contributed by atoms with E-state index in [4.69, 9.17) is 0 Å². The van der Waals surface area contributed by atoms with E-state index in [2.05, 4.69) is 5.73 Å². The van der Waals surface area contributed by atoms with Gasteiger partial charge >= 0.3 is 5.97 Å². The summed E-state index contributed by atoms with van der Waals surface area (Å²) in [5, 5.41) is 9.34. The number of quaternary nitrogens is 1. The van der Waals surface area contributed by atoms with E-state index in [0.717, 1.165) is 37.5 Å². The van der Waals surface area contributed by atoms with Crippen molar-refractivity contribution in [1.82, 2.24) is 0 Å². The van der Waals surface area contributed by atoms with Gasteiger partial charge in [0, 0.05) is 11.8 Å². The first-order valence-corrected chi connectivity index (χ1v) is 5.69. The monoisotopic (exact) mass is 196 g/mol. The van der Waals surface area contributed by atoms with Crippen LogP contribution in [0.1, 0.15) is 32.1 Å². The molecule has 0 saturated heterocycles. The molecular formula is C11H18NO2+. The standard InChI is InChI=1S/C11H17NO2/c12-11(10(13)14)8-2-6-1-7(4-8)5-9(11)3-6/h6-9H,1-5,12H2,(H,13,14)/p+1. The van der Waals surface area contributed by atoms with E-state index >= 15 is 0 Å². The van der Waals surface area contributed by atoms with Crippen LogP contribution < -0.4 is 5.73 Å². The average Bonchev–Trinajstić information content (AvgIpc) is 2.12. The molecule has 0 radical (unpaired) electrons. The van der Waals surface area contributed by atoms with E-state index in [1.165, 1.54) is 6.42 Å². The third-order valence-corrected chi connectivity index (χ3v) is 4.99. The summed E-state index contributed by atoms with van der Waals surface area (Å²) in [6.45, 7) is 0. The molecule has 0 spiro atoms. The van der Waals surface area contributed by atoms with E-state index in [0.29, 0.717) is 11.8 Å². The van der Waals surface area contributed by atoms with Gasteiger partial charge < -0.3 is 10.8 Å². The number of hydrogen-bond acceptors (Lipinski definition) is 1. The van der Waals surface area contributed by atoms with Crippen molar-refractivity contribution in [3.05, 3.63) is 0 Å². The lowest BCUT2D eigenvalue weighted by molar-refractivity contribution is -0.506. The maximum Gasteiger partial charge on any atom is 0.366 e. The molecule has 0 aromatic carbocycles. The fraction of sp³-hybridized carbons (Fsp3) is 0.909. The van der Waals surface area contributed by atoms with E-state index in [1.807, 2.05) is 0 Å². The molecule has 4 aliphatic carbocycles. The largest absolute Gasteiger partial charge is 0.477 e. The van der Waals surface area contributed by atoms with E-state index in [-0.39, 0.29) is 0 Å². The molecule has 0 aromatic rings. The smallest absolute Gasteiger partial charge is 0.366 e. The van der Waals surface area contributed by atoms with Crippen LogP contribution in [0.4, 0.5) is 0 Å². The molecule has 4 fully saturated rings. The van der Waals surface area contributed by atoms with Gasteiger partial charge in [0.25, 0.3) is 0 Å². The van der Waals surface area contributed by atoms with E-state index < -0.39 is 11.5 Å². The fourth-order valence-electron chi connectivity index (χ4n) is 4.37. The van der Waals surface area contributed by atoms with Gasteiger partial charge in [0.05, 0.1) is 0 Å². The molecule has 3 heteroatoms. The van der Waals surface area contributed by atoms with Gasteiger partial charge in [-0.3, -0.25) is 0 Å². The minimum Gasteiger partial charge on any atom is -0.477 e. The van der Waals surface area contributed by atoms with Gasteiger partial charge in [0.1, 0.15) is 0 Å². The average molecular weight is 196 g/mol. The lowest BCUT2D eigenvalue weighted by atomic mass is 9.49. The highest BCUT2D eigenvalue weighted by Crippen LogP contribution is 2.56. The highest BCUT2D eigenvalue weighted by atomic mass is 16.4. The first-order valence-electron chi connectivity index (χ1n) is 5.69. The molecule has 0 unspecified atom stereocenters. The van der Waals surface area contributed by atoms with Gasteiger partial charge in [-0.25, -0.2) is 4.79 Å². The molecule has 4 aliphatic rings. The van der Waals surface area contributed by atoms with Crippen molar-refractivity contribution >= 4 is 5.97 Å². The van der Waals surface area contributed by atoms with Gasteiger partial charge in [-0.2, -0.15) is 0 Å². The quantitative estimate of drug-likeness (QED) is 0.641. The number of hydrogen-bond donors (Lipinski definition) is 2. The Hall–Kier alpha value is -0.570. The van der Waals surface area contributed by atoms with Crippen LogP contribution in [-0.2, 0) is 4.79 Å². The minimum atomic E-state index is -0.647. The number of aliphatic carboxylic acids is 1. The number of carbonyl (C=O) groups is 1. The first-order chi connectivity index (χ1) is 6.60. The van der Waals surface area contributed by atoms with Crippen LogP contribution in [0.5, 0.6) is 0 Å². The zero-order valence-corrected chi connectivity index (χ0v) is 8.41. The predicted octanol–water partition coefficient (Wildman–Crippen LogP) is 0.508. The molecule has 0 aliphatic heterocycles. The molecule has 0 heterocycles. The second-order valence-electron chi connectivity index (χ2n) is 5.65. The second-order valence-corrected chi connectivity index (χ2v) is 5.65. The van der Waals surface area contributed by atoms with Crippen molar-refractivity contribution < 1.29 is 15.6 Å². The van der Waals surface area contributed by atoms with Crippen molar-refractivity contribution in [2.45, 2.75) is 37.6 Å². The SMILES string of the molecule is [NH3+]C1(C(=O)O)C2CC3CC(C2)CC1C3. The van der Waals surface area contributed by atoms with Crippen LogP contribution in [0, 0.1) is 23.7 Å². The number of carboxylic acids is 1. The summed E-state index contributed by atoms with van der Waals surface area (Å²) in [4.78, 5) is 11.3. The molecule has 0 aromatic heterocycles. The van der Waals surface area contributed by atoms with E-state index in [9.17, 15) is 9.90 Å². The molecule has 4 rings (SSSR count). The summed E-state index contributed by atoms with van der Waals surface area (Å²) in [5.74, 6) is 1.75. The topological polar surface area (TPSA) is 64.9 Å². The number of rotatable bonds is 1. The zero-order chi connectivity index (χ0) is 9.92. The molecule has 3 nitrogen and oxygen atoms in total. The van der Waals surface area contributed by atoms with Crippen LogP contribution in [0.25, 0.3) is 0 Å². The third-order valence-electron chi connectivity index (χ3n) is 4.99. The molecule has 78 valence electrons. The van der Waals surface area contributed by atoms with Crippen molar-refractivity contribution in [3.63, 3.8) is 0 Å². The van der Waals surface area contributed by atoms with Crippen LogP contribution in [0.3, 0.4) is 0 Å². The Balaban J connectivity index is 1.98. The lowest BCUT2D eigenvalue weighted by Gasteiger charge is -2.55. The Morgan fingerprint density at radius 3 is 1.86 bits per heavy atom. The molecule has 0 amide bonds. The molecular weight excluding hydrogens is 178 g/mol. The second kappa shape index (κ2) is 2.51. The fourth-order valence-corrected chi connectivity index (χ4v) is 4.37. The minimum absolute atomic E-state index is 0.372. The maximum atomic E-state index is 11.3.